The van der Waals surface area contributed by atoms with E-state index in [4.69, 9.17) is 5.73 Å². The molecule has 0 aliphatic carbocycles. The number of nitrogens with two attached hydrogens (primary N) is 1. The van der Waals surface area contributed by atoms with Gasteiger partial charge in [0, 0.05) is 15.1 Å². The second-order valence-electron chi connectivity index (χ2n) is 4.39. The lowest BCUT2D eigenvalue weighted by molar-refractivity contribution is -0.113. The fourth-order valence-electron chi connectivity index (χ4n) is 1.66. The van der Waals surface area contributed by atoms with Gasteiger partial charge in [-0.05, 0) is 58.7 Å². The van der Waals surface area contributed by atoms with Crippen LogP contribution in [-0.4, -0.2) is 11.7 Å². The van der Waals surface area contributed by atoms with Gasteiger partial charge in [0.1, 0.15) is 0 Å². The summed E-state index contributed by atoms with van der Waals surface area (Å²) in [6.45, 7) is 2.01. The Hall–Kier alpha value is -1.46. The number of carbonyl (C=O) groups excluding carboxylic acids is 1. The molecule has 0 spiro atoms. The van der Waals surface area contributed by atoms with E-state index in [1.807, 2.05) is 49.4 Å². The maximum Gasteiger partial charge on any atom is 0.234 e. The number of halogens is 1. The van der Waals surface area contributed by atoms with Gasteiger partial charge in [-0.3, -0.25) is 4.79 Å². The molecule has 0 aliphatic rings. The van der Waals surface area contributed by atoms with Crippen molar-refractivity contribution in [1.29, 1.82) is 0 Å². The number of amides is 1. The van der Waals surface area contributed by atoms with E-state index in [1.165, 1.54) is 11.8 Å². The first kappa shape index (κ1) is 14.9. The van der Waals surface area contributed by atoms with Crippen LogP contribution in [-0.2, 0) is 4.79 Å². The molecular weight excluding hydrogens is 336 g/mol. The normalized spacial score (nSPS) is 10.3. The zero-order valence-electron chi connectivity index (χ0n) is 11.0. The van der Waals surface area contributed by atoms with Crippen molar-refractivity contribution in [2.75, 3.05) is 16.8 Å². The monoisotopic (exact) mass is 350 g/mol. The van der Waals surface area contributed by atoms with E-state index in [1.54, 1.807) is 0 Å². The molecule has 0 radical (unpaired) electrons. The minimum Gasteiger partial charge on any atom is -0.399 e. The molecule has 0 bridgehead atoms. The van der Waals surface area contributed by atoms with Gasteiger partial charge in [-0.2, -0.15) is 0 Å². The molecule has 0 aliphatic heterocycles. The molecule has 20 heavy (non-hydrogen) atoms. The van der Waals surface area contributed by atoms with Gasteiger partial charge in [-0.25, -0.2) is 0 Å². The Kier molecular flexibility index (Phi) is 5.09. The number of thioether (sulfide) groups is 1. The first-order chi connectivity index (χ1) is 9.54. The highest BCUT2D eigenvalue weighted by Crippen LogP contribution is 2.24. The second-order valence-corrected chi connectivity index (χ2v) is 6.30. The summed E-state index contributed by atoms with van der Waals surface area (Å²) in [6.07, 6.45) is 0. The summed E-state index contributed by atoms with van der Waals surface area (Å²) in [5, 5.41) is 2.88. The predicted octanol–water partition coefficient (Wildman–Crippen LogP) is 4.07. The molecular formula is C15H15BrN2OS. The number of hydrogen-bond acceptors (Lipinski definition) is 3. The average Bonchev–Trinajstić information content (AvgIpc) is 2.40. The van der Waals surface area contributed by atoms with Gasteiger partial charge in [0.2, 0.25) is 5.91 Å². The number of carbonyl (C=O) groups is 1. The number of rotatable bonds is 4. The first-order valence-corrected chi connectivity index (χ1v) is 7.87. The van der Waals surface area contributed by atoms with Crippen LogP contribution in [0.5, 0.6) is 0 Å². The van der Waals surface area contributed by atoms with E-state index < -0.39 is 0 Å². The fourth-order valence-corrected chi connectivity index (χ4v) is 3.02. The van der Waals surface area contributed by atoms with Crippen molar-refractivity contribution >= 4 is 45.0 Å². The van der Waals surface area contributed by atoms with Crippen LogP contribution >= 0.6 is 27.7 Å². The minimum absolute atomic E-state index is 0.0398. The summed E-state index contributed by atoms with van der Waals surface area (Å²) in [5.74, 6) is 0.311. The Bertz CT molecular complexity index is 631. The molecule has 3 N–H and O–H groups in total. The minimum atomic E-state index is -0.0398. The second kappa shape index (κ2) is 6.81. The van der Waals surface area contributed by atoms with Crippen molar-refractivity contribution in [3.05, 3.63) is 52.5 Å². The third kappa shape index (κ3) is 4.28. The highest BCUT2D eigenvalue weighted by atomic mass is 79.9. The van der Waals surface area contributed by atoms with Gasteiger partial charge in [0.05, 0.1) is 11.4 Å². The Labute approximate surface area is 131 Å². The lowest BCUT2D eigenvalue weighted by atomic mass is 10.2. The summed E-state index contributed by atoms with van der Waals surface area (Å²) in [6, 6.07) is 13.3. The van der Waals surface area contributed by atoms with Crippen molar-refractivity contribution in [3.63, 3.8) is 0 Å². The van der Waals surface area contributed by atoms with Gasteiger partial charge in [0.25, 0.3) is 0 Å². The SMILES string of the molecule is Cc1ccc(NC(=O)CSc2cccc(N)c2)c(Br)c1. The molecule has 0 fully saturated rings. The molecule has 2 aromatic rings. The van der Waals surface area contributed by atoms with E-state index in [0.717, 1.165) is 20.6 Å². The number of nitrogens with one attached hydrogen (secondary N) is 1. The number of anilines is 2. The average molecular weight is 351 g/mol. The standard InChI is InChI=1S/C15H15BrN2OS/c1-10-5-6-14(13(16)7-10)18-15(19)9-20-12-4-2-3-11(17)8-12/h2-8H,9,17H2,1H3,(H,18,19). The topological polar surface area (TPSA) is 55.1 Å². The largest absolute Gasteiger partial charge is 0.399 e. The summed E-state index contributed by atoms with van der Waals surface area (Å²) in [7, 11) is 0. The lowest BCUT2D eigenvalue weighted by Crippen LogP contribution is -2.14. The van der Waals surface area contributed by atoms with Crippen LogP contribution in [0.4, 0.5) is 11.4 Å². The van der Waals surface area contributed by atoms with Crippen LogP contribution in [0.3, 0.4) is 0 Å². The molecule has 0 saturated heterocycles. The molecule has 0 heterocycles. The van der Waals surface area contributed by atoms with Gasteiger partial charge in [-0.15, -0.1) is 11.8 Å². The van der Waals surface area contributed by atoms with Crippen LogP contribution < -0.4 is 11.1 Å². The zero-order chi connectivity index (χ0) is 14.5. The zero-order valence-corrected chi connectivity index (χ0v) is 13.4. The maximum absolute atomic E-state index is 11.9. The van der Waals surface area contributed by atoms with Crippen molar-refractivity contribution in [3.8, 4) is 0 Å². The smallest absolute Gasteiger partial charge is 0.234 e. The van der Waals surface area contributed by atoms with Crippen molar-refractivity contribution in [2.45, 2.75) is 11.8 Å². The quantitative estimate of drug-likeness (QED) is 0.645. The molecule has 0 atom stereocenters. The van der Waals surface area contributed by atoms with Crippen molar-refractivity contribution < 1.29 is 4.79 Å². The van der Waals surface area contributed by atoms with Crippen LogP contribution in [0.1, 0.15) is 5.56 Å². The molecule has 0 unspecified atom stereocenters. The highest BCUT2D eigenvalue weighted by Gasteiger charge is 2.06. The molecule has 0 aromatic heterocycles. The Balaban J connectivity index is 1.92. The summed E-state index contributed by atoms with van der Waals surface area (Å²) in [5.41, 5.74) is 8.34. The van der Waals surface area contributed by atoms with E-state index in [9.17, 15) is 4.79 Å². The van der Waals surface area contributed by atoms with Crippen molar-refractivity contribution in [1.82, 2.24) is 0 Å². The first-order valence-electron chi connectivity index (χ1n) is 6.09. The molecule has 2 aromatic carbocycles. The summed E-state index contributed by atoms with van der Waals surface area (Å²) >= 11 is 4.91. The lowest BCUT2D eigenvalue weighted by Gasteiger charge is -2.08. The summed E-state index contributed by atoms with van der Waals surface area (Å²) < 4.78 is 0.889. The molecule has 3 nitrogen and oxygen atoms in total. The van der Waals surface area contributed by atoms with Crippen molar-refractivity contribution in [2.24, 2.45) is 0 Å². The number of benzene rings is 2. The summed E-state index contributed by atoms with van der Waals surface area (Å²) in [4.78, 5) is 12.9. The fraction of sp³-hybridized carbons (Fsp3) is 0.133. The number of aryl methyl sites for hydroxylation is 1. The van der Waals surface area contributed by atoms with Crippen LogP contribution in [0.15, 0.2) is 51.8 Å². The Morgan fingerprint density at radius 1 is 1.30 bits per heavy atom. The van der Waals surface area contributed by atoms with Gasteiger partial charge in [-0.1, -0.05) is 12.1 Å². The van der Waals surface area contributed by atoms with Crippen LogP contribution in [0, 0.1) is 6.92 Å². The van der Waals surface area contributed by atoms with Gasteiger partial charge >= 0.3 is 0 Å². The van der Waals surface area contributed by atoms with Crippen LogP contribution in [0.25, 0.3) is 0 Å². The predicted molar refractivity (Wildman–Crippen MR) is 89.1 cm³/mol. The third-order valence-corrected chi connectivity index (χ3v) is 4.28. The number of hydrogen-bond donors (Lipinski definition) is 2. The van der Waals surface area contributed by atoms with E-state index in [0.29, 0.717) is 11.4 Å². The van der Waals surface area contributed by atoms with E-state index in [2.05, 4.69) is 21.2 Å². The third-order valence-electron chi connectivity index (χ3n) is 2.63. The maximum atomic E-state index is 11.9. The van der Waals surface area contributed by atoms with Gasteiger partial charge < -0.3 is 11.1 Å². The Morgan fingerprint density at radius 3 is 2.80 bits per heavy atom. The molecule has 0 saturated carbocycles. The van der Waals surface area contributed by atoms with Gasteiger partial charge in [0.15, 0.2) is 0 Å². The molecule has 2 rings (SSSR count). The molecule has 104 valence electrons. The highest BCUT2D eigenvalue weighted by molar-refractivity contribution is 9.10. The van der Waals surface area contributed by atoms with E-state index in [-0.39, 0.29) is 5.91 Å². The van der Waals surface area contributed by atoms with E-state index >= 15 is 0 Å². The number of nitrogen functional groups attached to an aromatic ring is 1. The van der Waals surface area contributed by atoms with Crippen LogP contribution in [0.2, 0.25) is 0 Å². The Morgan fingerprint density at radius 2 is 2.10 bits per heavy atom. The molecule has 1 amide bonds. The molecule has 5 heteroatoms.